The fourth-order valence-electron chi connectivity index (χ4n) is 0.699. The molecule has 1 rings (SSSR count). The molecule has 0 bridgehead atoms. The molecular formula is C12H16O3. The second-order valence-corrected chi connectivity index (χ2v) is 3.93. The van der Waals surface area contributed by atoms with Crippen molar-refractivity contribution in [2.45, 2.75) is 33.0 Å². The Kier molecular flexibility index (Phi) is 6.38. The highest BCUT2D eigenvalue weighted by atomic mass is 16.5. The van der Waals surface area contributed by atoms with Crippen LogP contribution in [0, 0.1) is 0 Å². The molecule has 0 aliphatic rings. The van der Waals surface area contributed by atoms with Gasteiger partial charge in [0.1, 0.15) is 12.2 Å². The van der Waals surface area contributed by atoms with Crippen LogP contribution in [0.5, 0.6) is 0 Å². The quantitative estimate of drug-likeness (QED) is 0.749. The molecule has 0 saturated carbocycles. The number of benzene rings is 1. The summed E-state index contributed by atoms with van der Waals surface area (Å²) in [6.07, 6.45) is 0. The summed E-state index contributed by atoms with van der Waals surface area (Å²) in [5.74, 6) is 0. The molecule has 0 heterocycles. The molecule has 0 N–H and O–H groups in total. The van der Waals surface area contributed by atoms with E-state index in [0.717, 1.165) is 5.56 Å². The lowest BCUT2D eigenvalue weighted by atomic mass is 10.2. The summed E-state index contributed by atoms with van der Waals surface area (Å²) < 4.78 is 4.42. The molecule has 0 amide bonds. The van der Waals surface area contributed by atoms with Gasteiger partial charge >= 0.3 is 6.47 Å². The van der Waals surface area contributed by atoms with Crippen LogP contribution in [0.25, 0.3) is 0 Å². The monoisotopic (exact) mass is 208 g/mol. The van der Waals surface area contributed by atoms with E-state index in [-0.39, 0.29) is 12.2 Å². The number of carbonyl (C=O) groups excluding carboxylic acids is 1. The van der Waals surface area contributed by atoms with Crippen LogP contribution < -0.4 is 0 Å². The van der Waals surface area contributed by atoms with Crippen LogP contribution in [0.15, 0.2) is 30.3 Å². The minimum Gasteiger partial charge on any atom is -0.452 e. The smallest absolute Gasteiger partial charge is 0.418 e. The second kappa shape index (κ2) is 7.01. The van der Waals surface area contributed by atoms with Gasteiger partial charge in [0.2, 0.25) is 0 Å². The van der Waals surface area contributed by atoms with Crippen molar-refractivity contribution >= 4 is 6.47 Å². The Balaban J connectivity index is 0.000000265. The van der Waals surface area contributed by atoms with Gasteiger partial charge in [-0.2, -0.15) is 0 Å². The third kappa shape index (κ3) is 8.97. The van der Waals surface area contributed by atoms with E-state index in [9.17, 15) is 9.90 Å². The molecule has 15 heavy (non-hydrogen) atoms. The van der Waals surface area contributed by atoms with E-state index < -0.39 is 0 Å². The Hall–Kier alpha value is -1.35. The summed E-state index contributed by atoms with van der Waals surface area (Å²) in [6.45, 7) is 6.62. The average molecular weight is 208 g/mol. The number of hydrogen-bond acceptors (Lipinski definition) is 2. The molecule has 1 aromatic rings. The van der Waals surface area contributed by atoms with Crippen molar-refractivity contribution in [1.82, 2.24) is 0 Å². The van der Waals surface area contributed by atoms with E-state index in [2.05, 4.69) is 4.74 Å². The molecule has 0 spiro atoms. The van der Waals surface area contributed by atoms with Gasteiger partial charge in [-0.3, -0.25) is 0 Å². The zero-order chi connectivity index (χ0) is 11.7. The Morgan fingerprint density at radius 3 is 1.93 bits per heavy atom. The van der Waals surface area contributed by atoms with Crippen molar-refractivity contribution in [3.05, 3.63) is 35.9 Å². The Morgan fingerprint density at radius 2 is 1.73 bits per heavy atom. The molecule has 82 valence electrons. The van der Waals surface area contributed by atoms with E-state index in [0.29, 0.717) is 0 Å². The molecule has 0 atom stereocenters. The Labute approximate surface area is 90.7 Å². The van der Waals surface area contributed by atoms with Gasteiger partial charge in [0.05, 0.1) is 0 Å². The maximum Gasteiger partial charge on any atom is 0.418 e. The first kappa shape index (κ1) is 13.7. The summed E-state index contributed by atoms with van der Waals surface area (Å²) in [5, 5.41) is 10.1. The van der Waals surface area contributed by atoms with Crippen LogP contribution in [0.2, 0.25) is 0 Å². The van der Waals surface area contributed by atoms with Crippen molar-refractivity contribution in [3.8, 4) is 0 Å². The summed E-state index contributed by atoms with van der Waals surface area (Å²) >= 11 is 0. The van der Waals surface area contributed by atoms with E-state index in [4.69, 9.17) is 0 Å². The first-order chi connectivity index (χ1) is 6.99. The molecule has 1 aromatic carbocycles. The number of hydrogen-bond donors (Lipinski definition) is 0. The van der Waals surface area contributed by atoms with Crippen LogP contribution in [0.1, 0.15) is 26.3 Å². The van der Waals surface area contributed by atoms with Crippen LogP contribution in [-0.4, -0.2) is 12.1 Å². The number of ether oxygens (including phenoxy) is 1. The minimum atomic E-state index is -0.373. The zero-order valence-corrected chi connectivity index (χ0v) is 9.32. The lowest BCUT2D eigenvalue weighted by Crippen LogP contribution is -2.17. The fourth-order valence-corrected chi connectivity index (χ4v) is 0.699. The third-order valence-corrected chi connectivity index (χ3v) is 1.36. The van der Waals surface area contributed by atoms with E-state index >= 15 is 0 Å². The maximum atomic E-state index is 10.1. The molecule has 0 saturated heterocycles. The van der Waals surface area contributed by atoms with Gasteiger partial charge < -0.3 is 4.74 Å². The summed E-state index contributed by atoms with van der Waals surface area (Å²) in [6, 6.07) is 9.29. The highest BCUT2D eigenvalue weighted by Gasteiger charge is 2.08. The van der Waals surface area contributed by atoms with Crippen LogP contribution >= 0.6 is 0 Å². The average Bonchev–Trinajstić information content (AvgIpc) is 2.18. The van der Waals surface area contributed by atoms with Gasteiger partial charge in [0.25, 0.3) is 0 Å². The highest BCUT2D eigenvalue weighted by Crippen LogP contribution is 2.02. The molecule has 2 radical (unpaired) electrons. The molecule has 0 unspecified atom stereocenters. The molecule has 0 aromatic heterocycles. The van der Waals surface area contributed by atoms with Gasteiger partial charge in [-0.05, 0) is 26.3 Å². The van der Waals surface area contributed by atoms with Crippen LogP contribution in [0.3, 0.4) is 0 Å². The summed E-state index contributed by atoms with van der Waals surface area (Å²) in [4.78, 5) is 9.47. The van der Waals surface area contributed by atoms with Gasteiger partial charge in [-0.15, -0.1) is 0 Å². The second-order valence-electron chi connectivity index (χ2n) is 3.93. The molecule has 0 aliphatic carbocycles. The lowest BCUT2D eigenvalue weighted by molar-refractivity contribution is 0.109. The van der Waals surface area contributed by atoms with Crippen LogP contribution in [-0.2, 0) is 21.2 Å². The van der Waals surface area contributed by atoms with Crippen molar-refractivity contribution in [1.29, 1.82) is 0 Å². The van der Waals surface area contributed by atoms with E-state index in [1.165, 1.54) is 6.47 Å². The van der Waals surface area contributed by atoms with Crippen molar-refractivity contribution in [2.24, 2.45) is 0 Å². The molecule has 0 fully saturated rings. The summed E-state index contributed by atoms with van der Waals surface area (Å²) in [7, 11) is 0. The Morgan fingerprint density at radius 1 is 1.20 bits per heavy atom. The highest BCUT2D eigenvalue weighted by molar-refractivity contribution is 5.39. The minimum absolute atomic E-state index is 0.110. The third-order valence-electron chi connectivity index (χ3n) is 1.36. The van der Waals surface area contributed by atoms with Gasteiger partial charge in [0.15, 0.2) is 0 Å². The topological polar surface area (TPSA) is 46.2 Å². The first-order valence-corrected chi connectivity index (χ1v) is 4.67. The van der Waals surface area contributed by atoms with Gasteiger partial charge in [-0.1, -0.05) is 30.3 Å². The fraction of sp³-hybridized carbons (Fsp3) is 0.417. The standard InChI is InChI=1S/C7H7O.C5H9O2/c8-6-7-4-2-1-3-5-7;1-5(2,3)7-4-6/h1-5H,6H2;1-3H3. The molecule has 3 nitrogen and oxygen atoms in total. The maximum absolute atomic E-state index is 10.1. The lowest BCUT2D eigenvalue weighted by Gasteiger charge is -2.13. The van der Waals surface area contributed by atoms with Crippen molar-refractivity contribution < 1.29 is 14.6 Å². The Bertz CT molecular complexity index is 262. The van der Waals surface area contributed by atoms with E-state index in [1.807, 2.05) is 30.3 Å². The van der Waals surface area contributed by atoms with Gasteiger partial charge in [-0.25, -0.2) is 9.90 Å². The van der Waals surface area contributed by atoms with Gasteiger partial charge in [0, 0.05) is 0 Å². The predicted molar refractivity (Wildman–Crippen MR) is 57.4 cm³/mol. The van der Waals surface area contributed by atoms with Crippen molar-refractivity contribution in [2.75, 3.05) is 0 Å². The normalized spacial score (nSPS) is 9.87. The predicted octanol–water partition coefficient (Wildman–Crippen LogP) is 2.49. The van der Waals surface area contributed by atoms with E-state index in [1.54, 1.807) is 20.8 Å². The number of rotatable bonds is 2. The molecule has 3 heteroatoms. The molecule has 0 aliphatic heterocycles. The largest absolute Gasteiger partial charge is 0.452 e. The zero-order valence-electron chi connectivity index (χ0n) is 9.32. The summed E-state index contributed by atoms with van der Waals surface area (Å²) in [5.41, 5.74) is 0.481. The molecular weight excluding hydrogens is 192 g/mol. The van der Waals surface area contributed by atoms with Crippen molar-refractivity contribution in [3.63, 3.8) is 0 Å². The van der Waals surface area contributed by atoms with Crippen LogP contribution in [0.4, 0.5) is 0 Å². The first-order valence-electron chi connectivity index (χ1n) is 4.67. The SMILES string of the molecule is CC(C)(C)O[C]=O.[O]Cc1ccccc1.